The normalized spacial score (nSPS) is 40.7. The van der Waals surface area contributed by atoms with Crippen LogP contribution in [0.3, 0.4) is 0 Å². The van der Waals surface area contributed by atoms with Crippen LogP contribution >= 0.6 is 11.5 Å². The van der Waals surface area contributed by atoms with Crippen molar-refractivity contribution >= 4 is 60.2 Å². The Kier molecular flexibility index (Phi) is 2.94. The predicted molar refractivity (Wildman–Crippen MR) is 97.7 cm³/mol. The molecule has 0 radical (unpaired) electrons. The fourth-order valence-corrected chi connectivity index (χ4v) is 5.31. The summed E-state index contributed by atoms with van der Waals surface area (Å²) in [4.78, 5) is 13.0. The van der Waals surface area contributed by atoms with E-state index in [1.807, 2.05) is 47.8 Å². The van der Waals surface area contributed by atoms with Gasteiger partial charge in [-0.1, -0.05) is 34.9 Å². The van der Waals surface area contributed by atoms with E-state index in [-0.39, 0.29) is 17.1 Å². The van der Waals surface area contributed by atoms with Gasteiger partial charge in [-0.3, -0.25) is 4.79 Å². The maximum absolute atomic E-state index is 13.0. The fourth-order valence-electron chi connectivity index (χ4n) is 4.65. The first-order chi connectivity index (χ1) is 9.50. The Morgan fingerprint density at radius 2 is 1.81 bits per heavy atom. The second kappa shape index (κ2) is 4.04. The van der Waals surface area contributed by atoms with Gasteiger partial charge in [0.25, 0.3) is 6.13 Å². The second-order valence-electron chi connectivity index (χ2n) is 7.62. The Labute approximate surface area is 134 Å². The van der Waals surface area contributed by atoms with Gasteiger partial charge < -0.3 is 10.8 Å². The summed E-state index contributed by atoms with van der Waals surface area (Å²) in [5, 5.41) is 9.61. The van der Waals surface area contributed by atoms with Gasteiger partial charge in [0.15, 0.2) is 13.6 Å². The molecule has 1 fully saturated rings. The van der Waals surface area contributed by atoms with Crippen molar-refractivity contribution in [3.63, 3.8) is 0 Å². The SMILES string of the molecule is BC1(O)CC(B)(B)C2(B)B(Cl)c3ccccc3C2(N)C1=O. The van der Waals surface area contributed by atoms with Crippen LogP contribution in [0.15, 0.2) is 24.3 Å². The molecule has 9 heteroatoms. The Hall–Kier alpha value is -0.575. The molecule has 3 nitrogen and oxygen atoms in total. The summed E-state index contributed by atoms with van der Waals surface area (Å²) in [5.41, 5.74) is 5.66. The van der Waals surface area contributed by atoms with Gasteiger partial charge in [-0.25, -0.2) is 0 Å². The smallest absolute Gasteiger partial charge is 0.283 e. The highest BCUT2D eigenvalue weighted by atomic mass is 35.5. The summed E-state index contributed by atoms with van der Waals surface area (Å²) in [6, 6.07) is 7.58. The molecule has 0 spiro atoms. The average molecular weight is 297 g/mol. The van der Waals surface area contributed by atoms with Crippen LogP contribution in [0.5, 0.6) is 0 Å². The van der Waals surface area contributed by atoms with Crippen LogP contribution < -0.4 is 11.2 Å². The molecule has 0 amide bonds. The van der Waals surface area contributed by atoms with Gasteiger partial charge in [0.05, 0.1) is 26.7 Å². The number of hydrogen-bond donors (Lipinski definition) is 2. The monoisotopic (exact) mass is 297 g/mol. The van der Waals surface area contributed by atoms with Crippen LogP contribution in [0.1, 0.15) is 12.0 Å². The number of Topliss-reactive ketones (excluding diaryl/α,β-unsaturated/α-hetero) is 1. The Morgan fingerprint density at radius 1 is 1.24 bits per heavy atom. The van der Waals surface area contributed by atoms with Crippen LogP contribution in [0.4, 0.5) is 0 Å². The Morgan fingerprint density at radius 3 is 2.43 bits per heavy atom. The molecule has 21 heavy (non-hydrogen) atoms. The number of nitrogens with two attached hydrogens (primary N) is 1. The number of rotatable bonds is 0. The second-order valence-corrected chi connectivity index (χ2v) is 8.06. The van der Waals surface area contributed by atoms with E-state index in [9.17, 15) is 9.90 Å². The molecule has 1 aliphatic carbocycles. The van der Waals surface area contributed by atoms with Crippen molar-refractivity contribution in [3.8, 4) is 0 Å². The van der Waals surface area contributed by atoms with E-state index in [2.05, 4.69) is 0 Å². The fraction of sp³-hybridized carbons (Fsp3) is 0.417. The minimum absolute atomic E-state index is 0.326. The summed E-state index contributed by atoms with van der Waals surface area (Å²) >= 11 is 6.78. The standard InChI is InChI=1S/C12H17B5ClNO2/c13-9(21)5-10(14,15)12(16)11(19,8(9)20)6-3-1-2-4-7(6)17(12)18/h1-4,21H,5,13-16,19H2. The molecule has 1 aromatic carbocycles. The Bertz CT molecular complexity index is 654. The molecule has 3 atom stereocenters. The predicted octanol–water partition coefficient (Wildman–Crippen LogP) is -3.70. The van der Waals surface area contributed by atoms with Crippen molar-refractivity contribution in [3.05, 3.63) is 29.8 Å². The number of benzene rings is 1. The van der Waals surface area contributed by atoms with E-state index in [0.29, 0.717) is 6.42 Å². The summed E-state index contributed by atoms with van der Waals surface area (Å²) in [6.45, 7) is 0. The van der Waals surface area contributed by atoms with Crippen LogP contribution in [0, 0.1) is 0 Å². The molecule has 1 saturated carbocycles. The van der Waals surface area contributed by atoms with Crippen LogP contribution in [-0.4, -0.2) is 53.9 Å². The summed E-state index contributed by atoms with van der Waals surface area (Å²) in [7, 11) is 7.63. The molecular weight excluding hydrogens is 280 g/mol. The largest absolute Gasteiger partial charge is 0.391 e. The lowest BCUT2D eigenvalue weighted by atomic mass is 9.17. The molecule has 3 rings (SSSR count). The van der Waals surface area contributed by atoms with Crippen molar-refractivity contribution in [2.24, 2.45) is 5.73 Å². The van der Waals surface area contributed by atoms with Crippen LogP contribution in [-0.2, 0) is 10.3 Å². The zero-order valence-corrected chi connectivity index (χ0v) is 13.7. The molecule has 0 bridgehead atoms. The topological polar surface area (TPSA) is 63.3 Å². The molecule has 1 aliphatic heterocycles. The quantitative estimate of drug-likeness (QED) is 0.485. The highest BCUT2D eigenvalue weighted by molar-refractivity contribution is 7.20. The van der Waals surface area contributed by atoms with Gasteiger partial charge in [0.1, 0.15) is 7.85 Å². The number of aliphatic hydroxyl groups is 1. The van der Waals surface area contributed by atoms with Gasteiger partial charge >= 0.3 is 0 Å². The van der Waals surface area contributed by atoms with Crippen molar-refractivity contribution in [2.45, 2.75) is 27.9 Å². The lowest BCUT2D eigenvalue weighted by molar-refractivity contribution is -0.141. The van der Waals surface area contributed by atoms with Gasteiger partial charge in [0.2, 0.25) is 0 Å². The first-order valence-corrected chi connectivity index (χ1v) is 7.73. The molecule has 3 N–H and O–H groups in total. The number of ketones is 1. The number of hydrogen-bond acceptors (Lipinski definition) is 3. The molecule has 0 aromatic heterocycles. The third-order valence-electron chi connectivity index (χ3n) is 6.02. The molecule has 1 heterocycles. The molecular formula is C12H17B5ClNO2. The summed E-state index contributed by atoms with van der Waals surface area (Å²) in [5.74, 6) is -0.326. The van der Waals surface area contributed by atoms with Gasteiger partial charge in [-0.2, -0.15) is 11.5 Å². The molecule has 1 aromatic rings. The first-order valence-electron chi connectivity index (χ1n) is 7.30. The van der Waals surface area contributed by atoms with E-state index in [1.165, 1.54) is 0 Å². The van der Waals surface area contributed by atoms with Crippen molar-refractivity contribution in [1.82, 2.24) is 0 Å². The number of carbonyl (C=O) groups excluding carboxylic acids is 1. The van der Waals surface area contributed by atoms with E-state index >= 15 is 0 Å². The zero-order chi connectivity index (χ0) is 15.8. The molecule has 104 valence electrons. The number of halogens is 1. The van der Waals surface area contributed by atoms with E-state index in [1.54, 1.807) is 7.85 Å². The minimum atomic E-state index is -1.44. The first kappa shape index (κ1) is 15.3. The van der Waals surface area contributed by atoms with Crippen molar-refractivity contribution < 1.29 is 9.90 Å². The lowest BCUT2D eigenvalue weighted by Gasteiger charge is -2.60. The van der Waals surface area contributed by atoms with Gasteiger partial charge in [-0.05, 0) is 17.2 Å². The van der Waals surface area contributed by atoms with E-state index < -0.39 is 16.3 Å². The summed E-state index contributed by atoms with van der Waals surface area (Å²) in [6.07, 6.45) is -0.000339. The van der Waals surface area contributed by atoms with E-state index in [4.69, 9.17) is 17.2 Å². The summed E-state index contributed by atoms with van der Waals surface area (Å²) < 4.78 is 0. The van der Waals surface area contributed by atoms with Crippen LogP contribution in [0.2, 0.25) is 10.4 Å². The number of fused-ring (bicyclic) bond motifs is 3. The van der Waals surface area contributed by atoms with Gasteiger partial charge in [-0.15, -0.1) is 0 Å². The maximum Gasteiger partial charge on any atom is 0.283 e. The number of carbonyl (C=O) groups is 1. The molecule has 2 aliphatic rings. The zero-order valence-electron chi connectivity index (χ0n) is 12.9. The minimum Gasteiger partial charge on any atom is -0.391 e. The molecule has 0 saturated heterocycles. The van der Waals surface area contributed by atoms with Gasteiger partial charge in [0, 0.05) is 0 Å². The lowest BCUT2D eigenvalue weighted by Crippen LogP contribution is -2.70. The molecule has 3 unspecified atom stereocenters. The van der Waals surface area contributed by atoms with Crippen LogP contribution in [0.25, 0.3) is 0 Å². The Balaban J connectivity index is 2.38. The third-order valence-corrected chi connectivity index (χ3v) is 6.70. The van der Waals surface area contributed by atoms with Crippen molar-refractivity contribution in [2.75, 3.05) is 0 Å². The maximum atomic E-state index is 13.0. The average Bonchev–Trinajstić information content (AvgIpc) is 2.58. The highest BCUT2D eigenvalue weighted by Crippen LogP contribution is 2.67. The third kappa shape index (κ3) is 1.51. The van der Waals surface area contributed by atoms with Crippen molar-refractivity contribution in [1.29, 1.82) is 0 Å². The van der Waals surface area contributed by atoms with E-state index in [0.717, 1.165) is 11.0 Å². The highest BCUT2D eigenvalue weighted by Gasteiger charge is 2.73.